The predicted molar refractivity (Wildman–Crippen MR) is 60.5 cm³/mol. The fraction of sp³-hybridized carbons (Fsp3) is 0.692. The molecule has 0 fully saturated rings. The molecule has 0 bridgehead atoms. The average Bonchev–Trinajstić information content (AvgIpc) is 2.16. The van der Waals surface area contributed by atoms with Crippen LogP contribution >= 0.6 is 0 Å². The maximum atomic E-state index is 3.19. The average molecular weight is 178 g/mol. The van der Waals surface area contributed by atoms with E-state index in [-0.39, 0.29) is 0 Å². The minimum Gasteiger partial charge on any atom is -0.0954 e. The largest absolute Gasteiger partial charge is 0.0954 e. The molecule has 0 nitrogen and oxygen atoms in total. The van der Waals surface area contributed by atoms with Crippen LogP contribution in [0.5, 0.6) is 0 Å². The Hall–Kier alpha value is -0.700. The van der Waals surface area contributed by atoms with Gasteiger partial charge in [-0.05, 0) is 25.3 Å². The van der Waals surface area contributed by atoms with Crippen LogP contribution in [0.1, 0.15) is 52.9 Å². The second-order valence-electron chi connectivity index (χ2n) is 3.50. The van der Waals surface area contributed by atoms with Crippen molar-refractivity contribution < 1.29 is 0 Å². The highest BCUT2D eigenvalue weighted by molar-refractivity contribution is 5.16. The Morgan fingerprint density at radius 3 is 2.62 bits per heavy atom. The minimum atomic E-state index is 0.542. The molecule has 0 radical (unpaired) electrons. The summed E-state index contributed by atoms with van der Waals surface area (Å²) in [6.07, 6.45) is 10.5. The lowest BCUT2D eigenvalue weighted by atomic mass is 10.1. The summed E-state index contributed by atoms with van der Waals surface area (Å²) in [5.74, 6) is 6.81. The molecule has 0 N–H and O–H groups in total. The molecule has 0 aromatic carbocycles. The molecule has 1 atom stereocenters. The van der Waals surface area contributed by atoms with Crippen molar-refractivity contribution in [3.63, 3.8) is 0 Å². The first kappa shape index (κ1) is 12.3. The number of hydrogen-bond donors (Lipinski definition) is 0. The summed E-state index contributed by atoms with van der Waals surface area (Å²) in [7, 11) is 0. The summed E-state index contributed by atoms with van der Waals surface area (Å²) in [6.45, 7) is 6.56. The van der Waals surface area contributed by atoms with Crippen LogP contribution in [0, 0.1) is 17.8 Å². The van der Waals surface area contributed by atoms with Crippen LogP contribution in [-0.4, -0.2) is 0 Å². The van der Waals surface area contributed by atoms with Crippen LogP contribution in [0.4, 0.5) is 0 Å². The van der Waals surface area contributed by atoms with Crippen LogP contribution in [0.15, 0.2) is 12.2 Å². The molecule has 1 unspecified atom stereocenters. The number of rotatable bonds is 5. The third-order valence-corrected chi connectivity index (χ3v) is 2.12. The van der Waals surface area contributed by atoms with Gasteiger partial charge in [-0.1, -0.05) is 51.5 Å². The number of unbranched alkanes of at least 4 members (excludes halogenated alkanes) is 3. The molecule has 0 aromatic rings. The van der Waals surface area contributed by atoms with Crippen LogP contribution in [-0.2, 0) is 0 Å². The van der Waals surface area contributed by atoms with E-state index in [0.29, 0.717) is 5.92 Å². The van der Waals surface area contributed by atoms with E-state index in [1.165, 1.54) is 25.7 Å². The standard InChI is InChI=1S/C13H22/c1-4-6-7-8-9-10-11-12-13(3)5-2/h9-10,13H,4-8H2,1-3H3. The Balaban J connectivity index is 3.43. The zero-order valence-corrected chi connectivity index (χ0v) is 9.27. The minimum absolute atomic E-state index is 0.542. The van der Waals surface area contributed by atoms with Gasteiger partial charge in [0, 0.05) is 5.92 Å². The molecule has 0 rings (SSSR count). The van der Waals surface area contributed by atoms with Gasteiger partial charge in [0.1, 0.15) is 0 Å². The van der Waals surface area contributed by atoms with Crippen LogP contribution < -0.4 is 0 Å². The molecule has 0 amide bonds. The molecule has 0 saturated heterocycles. The Bertz CT molecular complexity index is 178. The maximum absolute atomic E-state index is 3.19. The zero-order valence-electron chi connectivity index (χ0n) is 9.27. The van der Waals surface area contributed by atoms with Gasteiger partial charge < -0.3 is 0 Å². The van der Waals surface area contributed by atoms with E-state index in [0.717, 1.165) is 6.42 Å². The first-order valence-electron chi connectivity index (χ1n) is 5.47. The Kier molecular flexibility index (Phi) is 8.88. The predicted octanol–water partition coefficient (Wildman–Crippen LogP) is 4.17. The summed E-state index contributed by atoms with van der Waals surface area (Å²) in [5, 5.41) is 0. The summed E-state index contributed by atoms with van der Waals surface area (Å²) in [4.78, 5) is 0. The van der Waals surface area contributed by atoms with Crippen molar-refractivity contribution >= 4 is 0 Å². The van der Waals surface area contributed by atoms with Gasteiger partial charge in [-0.2, -0.15) is 0 Å². The van der Waals surface area contributed by atoms with Crippen LogP contribution in [0.25, 0.3) is 0 Å². The van der Waals surface area contributed by atoms with Gasteiger partial charge in [-0.25, -0.2) is 0 Å². The molecule has 0 heterocycles. The highest BCUT2D eigenvalue weighted by Gasteiger charge is 1.87. The van der Waals surface area contributed by atoms with E-state index in [1.807, 2.05) is 6.08 Å². The zero-order chi connectivity index (χ0) is 9.94. The van der Waals surface area contributed by atoms with Gasteiger partial charge in [-0.15, -0.1) is 0 Å². The molecule has 13 heavy (non-hydrogen) atoms. The SMILES string of the molecule is CCCCCC=CC#CC(C)CC. The summed E-state index contributed by atoms with van der Waals surface area (Å²) >= 11 is 0. The van der Waals surface area contributed by atoms with Crippen molar-refractivity contribution in [3.8, 4) is 11.8 Å². The van der Waals surface area contributed by atoms with Crippen molar-refractivity contribution in [1.82, 2.24) is 0 Å². The summed E-state index contributed by atoms with van der Waals surface area (Å²) in [5.41, 5.74) is 0. The Morgan fingerprint density at radius 2 is 2.00 bits per heavy atom. The molecule has 0 aliphatic rings. The van der Waals surface area contributed by atoms with Crippen LogP contribution in [0.2, 0.25) is 0 Å². The van der Waals surface area contributed by atoms with E-state index in [2.05, 4.69) is 38.7 Å². The topological polar surface area (TPSA) is 0 Å². The van der Waals surface area contributed by atoms with Gasteiger partial charge in [0.25, 0.3) is 0 Å². The highest BCUT2D eigenvalue weighted by atomic mass is 13.9. The monoisotopic (exact) mass is 178 g/mol. The molecular weight excluding hydrogens is 156 g/mol. The third-order valence-electron chi connectivity index (χ3n) is 2.12. The van der Waals surface area contributed by atoms with Gasteiger partial charge >= 0.3 is 0 Å². The third kappa shape index (κ3) is 9.21. The Morgan fingerprint density at radius 1 is 1.23 bits per heavy atom. The normalized spacial score (nSPS) is 12.5. The van der Waals surface area contributed by atoms with Crippen molar-refractivity contribution in [2.45, 2.75) is 52.9 Å². The van der Waals surface area contributed by atoms with E-state index >= 15 is 0 Å². The van der Waals surface area contributed by atoms with Gasteiger partial charge in [0.2, 0.25) is 0 Å². The van der Waals surface area contributed by atoms with E-state index in [9.17, 15) is 0 Å². The molecule has 0 aliphatic heterocycles. The number of hydrogen-bond acceptors (Lipinski definition) is 0. The first-order chi connectivity index (χ1) is 6.31. The first-order valence-corrected chi connectivity index (χ1v) is 5.47. The molecule has 0 aliphatic carbocycles. The van der Waals surface area contributed by atoms with E-state index < -0.39 is 0 Å². The lowest BCUT2D eigenvalue weighted by Crippen LogP contribution is -1.83. The number of allylic oxidation sites excluding steroid dienone is 2. The Labute approximate surface area is 83.4 Å². The lowest BCUT2D eigenvalue weighted by Gasteiger charge is -1.92. The molecule has 0 heteroatoms. The molecule has 0 spiro atoms. The van der Waals surface area contributed by atoms with Gasteiger partial charge in [0.15, 0.2) is 0 Å². The second kappa shape index (κ2) is 9.39. The molecule has 0 aromatic heterocycles. The van der Waals surface area contributed by atoms with Crippen LogP contribution in [0.3, 0.4) is 0 Å². The fourth-order valence-corrected chi connectivity index (χ4v) is 0.947. The smallest absolute Gasteiger partial charge is 0.0175 e. The second-order valence-corrected chi connectivity index (χ2v) is 3.50. The maximum Gasteiger partial charge on any atom is 0.0175 e. The van der Waals surface area contributed by atoms with Gasteiger partial charge in [0.05, 0.1) is 0 Å². The summed E-state index contributed by atoms with van der Waals surface area (Å²) < 4.78 is 0. The van der Waals surface area contributed by atoms with E-state index in [4.69, 9.17) is 0 Å². The lowest BCUT2D eigenvalue weighted by molar-refractivity contribution is 0.723. The van der Waals surface area contributed by atoms with Crippen molar-refractivity contribution in [1.29, 1.82) is 0 Å². The van der Waals surface area contributed by atoms with E-state index in [1.54, 1.807) is 0 Å². The highest BCUT2D eigenvalue weighted by Crippen LogP contribution is 1.99. The van der Waals surface area contributed by atoms with Crippen molar-refractivity contribution in [3.05, 3.63) is 12.2 Å². The summed E-state index contributed by atoms with van der Waals surface area (Å²) in [6, 6.07) is 0. The van der Waals surface area contributed by atoms with Crippen molar-refractivity contribution in [2.75, 3.05) is 0 Å². The molecule has 0 saturated carbocycles. The fourth-order valence-electron chi connectivity index (χ4n) is 0.947. The molecule has 74 valence electrons. The van der Waals surface area contributed by atoms with Crippen molar-refractivity contribution in [2.24, 2.45) is 5.92 Å². The quantitative estimate of drug-likeness (QED) is 0.438. The molecular formula is C13H22. The van der Waals surface area contributed by atoms with Gasteiger partial charge in [-0.3, -0.25) is 0 Å².